The molecular weight excluding hydrogens is 148 g/mol. The summed E-state index contributed by atoms with van der Waals surface area (Å²) < 4.78 is 0. The Morgan fingerprint density at radius 2 is 2.17 bits per heavy atom. The summed E-state index contributed by atoms with van der Waals surface area (Å²) in [5.74, 6) is 0.487. The quantitative estimate of drug-likeness (QED) is 0.657. The minimum atomic E-state index is 0.479. The largest absolute Gasteiger partial charge is 0.382 e. The van der Waals surface area contributed by atoms with Crippen LogP contribution in [0.25, 0.3) is 0 Å². The van der Waals surface area contributed by atoms with Crippen molar-refractivity contribution in [3.8, 4) is 0 Å². The highest BCUT2D eigenvalue weighted by Gasteiger charge is 2.26. The van der Waals surface area contributed by atoms with E-state index >= 15 is 0 Å². The zero-order valence-electron chi connectivity index (χ0n) is 7.25. The summed E-state index contributed by atoms with van der Waals surface area (Å²) in [7, 11) is 0. The van der Waals surface area contributed by atoms with Crippen molar-refractivity contribution in [3.63, 3.8) is 0 Å². The van der Waals surface area contributed by atoms with E-state index in [1.54, 1.807) is 0 Å². The van der Waals surface area contributed by atoms with Crippen LogP contribution >= 0.6 is 0 Å². The highest BCUT2D eigenvalue weighted by molar-refractivity contribution is 5.59. The Balaban J connectivity index is 2.40. The average Bonchev–Trinajstić information content (AvgIpc) is 2.40. The lowest BCUT2D eigenvalue weighted by molar-refractivity contribution is 0.642. The first kappa shape index (κ1) is 7.62. The van der Waals surface area contributed by atoms with Crippen molar-refractivity contribution in [3.05, 3.63) is 29.8 Å². The molecule has 2 unspecified atom stereocenters. The van der Waals surface area contributed by atoms with Crippen LogP contribution in [0.15, 0.2) is 24.3 Å². The molecular formula is C10H14N2. The zero-order chi connectivity index (χ0) is 8.55. The maximum absolute atomic E-state index is 5.70. The van der Waals surface area contributed by atoms with Crippen LogP contribution < -0.4 is 11.1 Å². The lowest BCUT2D eigenvalue weighted by Gasteiger charge is -2.12. The molecule has 2 heteroatoms. The molecule has 2 atom stereocenters. The van der Waals surface area contributed by atoms with Gasteiger partial charge in [-0.3, -0.25) is 0 Å². The minimum absolute atomic E-state index is 0.479. The summed E-state index contributed by atoms with van der Waals surface area (Å²) in [5.41, 5.74) is 8.32. The average molecular weight is 162 g/mol. The normalized spacial score (nSPS) is 26.5. The number of fused-ring (bicyclic) bond motifs is 1. The van der Waals surface area contributed by atoms with Gasteiger partial charge in [0.05, 0.1) is 0 Å². The molecule has 0 aliphatic carbocycles. The zero-order valence-corrected chi connectivity index (χ0v) is 7.25. The van der Waals surface area contributed by atoms with E-state index in [9.17, 15) is 0 Å². The molecule has 3 N–H and O–H groups in total. The Bertz CT molecular complexity index is 283. The third-order valence-electron chi connectivity index (χ3n) is 2.60. The fourth-order valence-electron chi connectivity index (χ4n) is 1.90. The van der Waals surface area contributed by atoms with Gasteiger partial charge in [0.25, 0.3) is 0 Å². The van der Waals surface area contributed by atoms with Gasteiger partial charge in [-0.05, 0) is 18.6 Å². The van der Waals surface area contributed by atoms with Crippen molar-refractivity contribution < 1.29 is 0 Å². The van der Waals surface area contributed by atoms with Gasteiger partial charge in [-0.25, -0.2) is 0 Å². The van der Waals surface area contributed by atoms with E-state index in [0.29, 0.717) is 12.0 Å². The van der Waals surface area contributed by atoms with Crippen LogP contribution in [-0.2, 0) is 0 Å². The number of benzene rings is 1. The van der Waals surface area contributed by atoms with Crippen molar-refractivity contribution in [2.24, 2.45) is 5.73 Å². The second-order valence-corrected chi connectivity index (χ2v) is 3.36. The third kappa shape index (κ3) is 0.994. The Morgan fingerprint density at radius 1 is 1.42 bits per heavy atom. The van der Waals surface area contributed by atoms with Crippen molar-refractivity contribution in [1.29, 1.82) is 0 Å². The molecule has 1 aliphatic heterocycles. The lowest BCUT2D eigenvalue weighted by Crippen LogP contribution is -2.22. The molecule has 2 nitrogen and oxygen atoms in total. The SMILES string of the molecule is CC1Nc2ccccc2C1CN. The number of para-hydroxylation sites is 1. The molecule has 0 amide bonds. The molecule has 0 aromatic heterocycles. The predicted molar refractivity (Wildman–Crippen MR) is 51.3 cm³/mol. The summed E-state index contributed by atoms with van der Waals surface area (Å²) in [6, 6.07) is 8.87. The van der Waals surface area contributed by atoms with Gasteiger partial charge in [-0.15, -0.1) is 0 Å². The van der Waals surface area contributed by atoms with Gasteiger partial charge in [-0.1, -0.05) is 18.2 Å². The van der Waals surface area contributed by atoms with Gasteiger partial charge < -0.3 is 11.1 Å². The predicted octanol–water partition coefficient (Wildman–Crippen LogP) is 1.54. The van der Waals surface area contributed by atoms with Gasteiger partial charge >= 0.3 is 0 Å². The standard InChI is InChI=1S/C10H14N2/c1-7-9(6-11)8-4-2-3-5-10(8)12-7/h2-5,7,9,12H,6,11H2,1H3. The van der Waals surface area contributed by atoms with Crippen LogP contribution in [0.4, 0.5) is 5.69 Å². The Hall–Kier alpha value is -1.02. The maximum atomic E-state index is 5.70. The van der Waals surface area contributed by atoms with Crippen LogP contribution in [0.1, 0.15) is 18.4 Å². The van der Waals surface area contributed by atoms with Gasteiger partial charge in [0.2, 0.25) is 0 Å². The summed E-state index contributed by atoms with van der Waals surface area (Å²) in [5, 5.41) is 3.42. The second-order valence-electron chi connectivity index (χ2n) is 3.36. The van der Waals surface area contributed by atoms with Gasteiger partial charge in [0, 0.05) is 24.2 Å². The number of nitrogens with one attached hydrogen (secondary N) is 1. The lowest BCUT2D eigenvalue weighted by atomic mass is 9.96. The fourth-order valence-corrected chi connectivity index (χ4v) is 1.90. The molecule has 0 radical (unpaired) electrons. The Morgan fingerprint density at radius 3 is 2.92 bits per heavy atom. The molecule has 1 aliphatic rings. The van der Waals surface area contributed by atoms with Gasteiger partial charge in [0.15, 0.2) is 0 Å². The van der Waals surface area contributed by atoms with E-state index in [0.717, 1.165) is 6.54 Å². The Labute approximate surface area is 72.8 Å². The highest BCUT2D eigenvalue weighted by atomic mass is 15.0. The molecule has 0 fully saturated rings. The summed E-state index contributed by atoms with van der Waals surface area (Å²) in [6.45, 7) is 2.91. The highest BCUT2D eigenvalue weighted by Crippen LogP contribution is 2.34. The first-order valence-corrected chi connectivity index (χ1v) is 4.38. The smallest absolute Gasteiger partial charge is 0.0379 e. The van der Waals surface area contributed by atoms with E-state index in [4.69, 9.17) is 5.73 Å². The molecule has 12 heavy (non-hydrogen) atoms. The van der Waals surface area contributed by atoms with Crippen molar-refractivity contribution >= 4 is 5.69 Å². The molecule has 0 saturated carbocycles. The van der Waals surface area contributed by atoms with E-state index in [2.05, 4.69) is 36.5 Å². The molecule has 1 aromatic rings. The summed E-state index contributed by atoms with van der Waals surface area (Å²) in [4.78, 5) is 0. The molecule has 0 saturated heterocycles. The van der Waals surface area contributed by atoms with Gasteiger partial charge in [-0.2, -0.15) is 0 Å². The van der Waals surface area contributed by atoms with Crippen molar-refractivity contribution in [2.45, 2.75) is 18.9 Å². The third-order valence-corrected chi connectivity index (χ3v) is 2.60. The minimum Gasteiger partial charge on any atom is -0.382 e. The van der Waals surface area contributed by atoms with E-state index in [1.807, 2.05) is 0 Å². The van der Waals surface area contributed by atoms with E-state index < -0.39 is 0 Å². The molecule has 1 aromatic carbocycles. The maximum Gasteiger partial charge on any atom is 0.0379 e. The fraction of sp³-hybridized carbons (Fsp3) is 0.400. The van der Waals surface area contributed by atoms with Crippen LogP contribution in [0.3, 0.4) is 0 Å². The van der Waals surface area contributed by atoms with Crippen molar-refractivity contribution in [2.75, 3.05) is 11.9 Å². The van der Waals surface area contributed by atoms with E-state index in [1.165, 1.54) is 11.3 Å². The van der Waals surface area contributed by atoms with Crippen LogP contribution in [0.2, 0.25) is 0 Å². The molecule has 64 valence electrons. The van der Waals surface area contributed by atoms with E-state index in [-0.39, 0.29) is 0 Å². The molecule has 0 spiro atoms. The number of hydrogen-bond acceptors (Lipinski definition) is 2. The monoisotopic (exact) mass is 162 g/mol. The van der Waals surface area contributed by atoms with Gasteiger partial charge in [0.1, 0.15) is 0 Å². The molecule has 0 bridgehead atoms. The van der Waals surface area contributed by atoms with Crippen LogP contribution in [-0.4, -0.2) is 12.6 Å². The first-order valence-electron chi connectivity index (χ1n) is 4.38. The topological polar surface area (TPSA) is 38.0 Å². The first-order chi connectivity index (χ1) is 5.83. The van der Waals surface area contributed by atoms with Crippen LogP contribution in [0, 0.1) is 0 Å². The number of anilines is 1. The number of nitrogens with two attached hydrogens (primary N) is 1. The number of hydrogen-bond donors (Lipinski definition) is 2. The number of rotatable bonds is 1. The van der Waals surface area contributed by atoms with Crippen LogP contribution in [0.5, 0.6) is 0 Å². The summed E-state index contributed by atoms with van der Waals surface area (Å²) in [6.07, 6.45) is 0. The Kier molecular flexibility index (Phi) is 1.77. The molecule has 2 rings (SSSR count). The second kappa shape index (κ2) is 2.79. The molecule has 1 heterocycles. The van der Waals surface area contributed by atoms with Crippen molar-refractivity contribution in [1.82, 2.24) is 0 Å². The summed E-state index contributed by atoms with van der Waals surface area (Å²) >= 11 is 0.